The lowest BCUT2D eigenvalue weighted by Gasteiger charge is -2.25. The molecule has 71 valence electrons. The summed E-state index contributed by atoms with van der Waals surface area (Å²) in [5.74, 6) is 0. The monoisotopic (exact) mass is 192 g/mol. The van der Waals surface area contributed by atoms with Crippen LogP contribution in [0.3, 0.4) is 0 Å². The highest BCUT2D eigenvalue weighted by atomic mass is 31.2. The summed E-state index contributed by atoms with van der Waals surface area (Å²) in [5, 5.41) is 4.11. The van der Waals surface area contributed by atoms with Crippen LogP contribution in [0, 0.1) is 0 Å². The van der Waals surface area contributed by atoms with E-state index in [1.807, 2.05) is 0 Å². The van der Waals surface area contributed by atoms with Gasteiger partial charge >= 0.3 is 7.60 Å². The SMILES string of the molecule is CCOP(=O)(O)C1CC[N]CC1. The van der Waals surface area contributed by atoms with Crippen LogP contribution in [0.4, 0.5) is 0 Å². The molecule has 0 bridgehead atoms. The van der Waals surface area contributed by atoms with Gasteiger partial charge in [-0.1, -0.05) is 0 Å². The predicted octanol–water partition coefficient (Wildman–Crippen LogP) is 0.975. The Morgan fingerprint density at radius 1 is 1.58 bits per heavy atom. The van der Waals surface area contributed by atoms with Crippen molar-refractivity contribution in [2.24, 2.45) is 0 Å². The van der Waals surface area contributed by atoms with Gasteiger partial charge in [-0.3, -0.25) is 4.57 Å². The Labute approximate surface area is 72.8 Å². The first kappa shape index (κ1) is 10.2. The maximum atomic E-state index is 11.5. The van der Waals surface area contributed by atoms with Crippen LogP contribution in [-0.2, 0) is 9.09 Å². The molecule has 0 amide bonds. The third-order valence-electron chi connectivity index (χ3n) is 2.02. The molecule has 0 aromatic heterocycles. The Balaban J connectivity index is 2.48. The average molecular weight is 192 g/mol. The van der Waals surface area contributed by atoms with Crippen molar-refractivity contribution in [1.29, 1.82) is 0 Å². The number of hydrogen-bond donors (Lipinski definition) is 1. The molecule has 0 spiro atoms. The summed E-state index contributed by atoms with van der Waals surface area (Å²) in [6.07, 6.45) is 1.38. The minimum atomic E-state index is -3.33. The lowest BCUT2D eigenvalue weighted by molar-refractivity contribution is 0.256. The molecule has 1 N–H and O–H groups in total. The third kappa shape index (κ3) is 2.56. The second-order valence-corrected chi connectivity index (χ2v) is 5.00. The van der Waals surface area contributed by atoms with Gasteiger partial charge in [0.15, 0.2) is 0 Å². The Hall–Kier alpha value is 0.110. The van der Waals surface area contributed by atoms with Crippen LogP contribution in [0.1, 0.15) is 19.8 Å². The fourth-order valence-electron chi connectivity index (χ4n) is 1.35. The average Bonchev–Trinajstić information content (AvgIpc) is 2.06. The maximum Gasteiger partial charge on any atom is 0.331 e. The van der Waals surface area contributed by atoms with Crippen molar-refractivity contribution in [3.05, 3.63) is 0 Å². The topological polar surface area (TPSA) is 60.6 Å². The van der Waals surface area contributed by atoms with Crippen LogP contribution in [0.25, 0.3) is 0 Å². The van der Waals surface area contributed by atoms with E-state index in [1.54, 1.807) is 6.92 Å². The lowest BCUT2D eigenvalue weighted by atomic mass is 10.2. The van der Waals surface area contributed by atoms with Crippen molar-refractivity contribution >= 4 is 7.60 Å². The second-order valence-electron chi connectivity index (χ2n) is 2.88. The summed E-state index contributed by atoms with van der Waals surface area (Å²) in [7, 11) is -3.33. The molecule has 1 atom stereocenters. The fourth-order valence-corrected chi connectivity index (χ4v) is 2.82. The number of piperidine rings is 1. The van der Waals surface area contributed by atoms with E-state index in [1.165, 1.54) is 0 Å². The van der Waals surface area contributed by atoms with Gasteiger partial charge in [-0.25, -0.2) is 5.32 Å². The minimum absolute atomic E-state index is 0.185. The molecule has 0 aromatic rings. The molecule has 12 heavy (non-hydrogen) atoms. The zero-order chi connectivity index (χ0) is 9.03. The molecule has 1 aliphatic rings. The van der Waals surface area contributed by atoms with Crippen LogP contribution < -0.4 is 5.32 Å². The molecule has 1 unspecified atom stereocenters. The van der Waals surface area contributed by atoms with Gasteiger partial charge in [-0.2, -0.15) is 0 Å². The maximum absolute atomic E-state index is 11.5. The van der Waals surface area contributed by atoms with E-state index >= 15 is 0 Å². The van der Waals surface area contributed by atoms with Crippen molar-refractivity contribution in [3.8, 4) is 0 Å². The minimum Gasteiger partial charge on any atom is -0.324 e. The highest BCUT2D eigenvalue weighted by molar-refractivity contribution is 7.53. The van der Waals surface area contributed by atoms with Crippen molar-refractivity contribution < 1.29 is 14.0 Å². The molecule has 1 fully saturated rings. The summed E-state index contributed by atoms with van der Waals surface area (Å²) in [5.41, 5.74) is -0.185. The van der Waals surface area contributed by atoms with E-state index in [9.17, 15) is 9.46 Å². The Morgan fingerprint density at radius 2 is 2.17 bits per heavy atom. The molecular weight excluding hydrogens is 177 g/mol. The quantitative estimate of drug-likeness (QED) is 0.678. The highest BCUT2D eigenvalue weighted by Crippen LogP contribution is 2.50. The number of rotatable bonds is 3. The normalized spacial score (nSPS) is 25.2. The van der Waals surface area contributed by atoms with Gasteiger partial charge in [0.2, 0.25) is 0 Å². The molecule has 1 radical (unpaired) electrons. The Morgan fingerprint density at radius 3 is 2.67 bits per heavy atom. The number of hydrogen-bond acceptors (Lipinski definition) is 2. The highest BCUT2D eigenvalue weighted by Gasteiger charge is 2.32. The van der Waals surface area contributed by atoms with Crippen molar-refractivity contribution in [1.82, 2.24) is 5.32 Å². The second kappa shape index (κ2) is 4.38. The molecule has 5 heteroatoms. The van der Waals surface area contributed by atoms with Gasteiger partial charge in [-0.05, 0) is 19.8 Å². The van der Waals surface area contributed by atoms with Crippen LogP contribution in [-0.4, -0.2) is 30.2 Å². The van der Waals surface area contributed by atoms with Gasteiger partial charge in [0.1, 0.15) is 0 Å². The van der Waals surface area contributed by atoms with Crippen LogP contribution in [0.2, 0.25) is 0 Å². The molecule has 0 saturated carbocycles. The van der Waals surface area contributed by atoms with Gasteiger partial charge < -0.3 is 9.42 Å². The molecule has 0 aromatic carbocycles. The molecular formula is C7H15NO3P. The van der Waals surface area contributed by atoms with E-state index in [-0.39, 0.29) is 5.66 Å². The van der Waals surface area contributed by atoms with Gasteiger partial charge in [0.05, 0.1) is 12.3 Å². The third-order valence-corrected chi connectivity index (χ3v) is 4.08. The van der Waals surface area contributed by atoms with E-state index in [0.717, 1.165) is 0 Å². The summed E-state index contributed by atoms with van der Waals surface area (Å²) in [6, 6.07) is 0. The summed E-state index contributed by atoms with van der Waals surface area (Å²) >= 11 is 0. The van der Waals surface area contributed by atoms with Crippen molar-refractivity contribution in [2.75, 3.05) is 19.7 Å². The first-order valence-electron chi connectivity index (χ1n) is 4.27. The smallest absolute Gasteiger partial charge is 0.324 e. The molecule has 1 rings (SSSR count). The Bertz CT molecular complexity index is 179. The fraction of sp³-hybridized carbons (Fsp3) is 1.00. The molecule has 1 heterocycles. The summed E-state index contributed by atoms with van der Waals surface area (Å²) < 4.78 is 16.3. The van der Waals surface area contributed by atoms with Crippen molar-refractivity contribution in [3.63, 3.8) is 0 Å². The van der Waals surface area contributed by atoms with Crippen LogP contribution in [0.15, 0.2) is 0 Å². The van der Waals surface area contributed by atoms with Gasteiger partial charge in [0.25, 0.3) is 0 Å². The first-order chi connectivity index (χ1) is 5.67. The summed E-state index contributed by atoms with van der Waals surface area (Å²) in [6.45, 7) is 3.43. The van der Waals surface area contributed by atoms with E-state index < -0.39 is 7.60 Å². The largest absolute Gasteiger partial charge is 0.331 e. The number of nitrogens with zero attached hydrogens (tertiary/aromatic N) is 1. The van der Waals surface area contributed by atoms with Crippen LogP contribution >= 0.6 is 7.60 Å². The Kier molecular flexibility index (Phi) is 3.72. The van der Waals surface area contributed by atoms with Gasteiger partial charge in [-0.15, -0.1) is 0 Å². The lowest BCUT2D eigenvalue weighted by Crippen LogP contribution is -2.26. The van der Waals surface area contributed by atoms with Gasteiger partial charge in [0, 0.05) is 13.1 Å². The van der Waals surface area contributed by atoms with Crippen molar-refractivity contribution in [2.45, 2.75) is 25.4 Å². The first-order valence-corrected chi connectivity index (χ1v) is 5.91. The van der Waals surface area contributed by atoms with E-state index in [2.05, 4.69) is 5.32 Å². The molecule has 1 aliphatic heterocycles. The van der Waals surface area contributed by atoms with E-state index in [4.69, 9.17) is 4.52 Å². The zero-order valence-electron chi connectivity index (χ0n) is 7.27. The molecule has 0 aliphatic carbocycles. The summed E-state index contributed by atoms with van der Waals surface area (Å²) in [4.78, 5) is 9.43. The zero-order valence-corrected chi connectivity index (χ0v) is 8.17. The van der Waals surface area contributed by atoms with E-state index in [0.29, 0.717) is 32.5 Å². The predicted molar refractivity (Wildman–Crippen MR) is 46.3 cm³/mol. The molecule has 1 saturated heterocycles. The standard InChI is InChI=1S/C7H15NO3P/c1-2-11-12(9,10)7-3-5-8-6-4-7/h7H,2-6H2,1H3,(H,9,10). The molecule has 4 nitrogen and oxygen atoms in total. The van der Waals surface area contributed by atoms with Crippen LogP contribution in [0.5, 0.6) is 0 Å².